The third-order valence-corrected chi connectivity index (χ3v) is 8.85. The molecule has 1 N–H and O–H groups in total. The van der Waals surface area contributed by atoms with Crippen LogP contribution >= 0.6 is 47.1 Å². The summed E-state index contributed by atoms with van der Waals surface area (Å²) in [5.74, 6) is -0.963. The molecule has 0 bridgehead atoms. The number of isothiocyanates is 2. The number of thiophene rings is 2. The summed E-state index contributed by atoms with van der Waals surface area (Å²) in [6, 6.07) is 29.5. The van der Waals surface area contributed by atoms with E-state index in [1.54, 1.807) is 29.7 Å². The van der Waals surface area contributed by atoms with E-state index in [0.29, 0.717) is 11.4 Å². The molecule has 0 spiro atoms. The smallest absolute Gasteiger partial charge is 0.753 e. The molecular weight excluding hydrogens is 780 g/mol. The van der Waals surface area contributed by atoms with E-state index in [9.17, 15) is 4.79 Å². The first kappa shape index (κ1) is 36.8. The maximum Gasteiger partial charge on any atom is 2.00 e. The molecule has 0 saturated heterocycles. The number of carbonyl (C=O) groups is 1. The number of carboxylic acid groups (broad SMARTS) is 1. The first-order chi connectivity index (χ1) is 23.5. The van der Waals surface area contributed by atoms with Crippen molar-refractivity contribution in [3.63, 3.8) is 0 Å². The number of aromatic carboxylic acids is 1. The van der Waals surface area contributed by atoms with Crippen molar-refractivity contribution in [1.82, 2.24) is 24.5 Å². The molecule has 0 radical (unpaired) electrons. The van der Waals surface area contributed by atoms with Gasteiger partial charge in [-0.3, -0.25) is 24.5 Å². The quantitative estimate of drug-likeness (QED) is 0.106. The summed E-state index contributed by atoms with van der Waals surface area (Å²) in [7, 11) is 0. The fourth-order valence-electron chi connectivity index (χ4n) is 4.84. The normalized spacial score (nSPS) is 9.80. The van der Waals surface area contributed by atoms with Crippen LogP contribution in [0.2, 0.25) is 0 Å². The van der Waals surface area contributed by atoms with Gasteiger partial charge in [0.05, 0.1) is 45.6 Å². The fourth-order valence-corrected chi connectivity index (χ4v) is 6.97. The second-order valence-electron chi connectivity index (χ2n) is 9.52. The Morgan fingerprint density at radius 2 is 1.31 bits per heavy atom. The average molecular weight is 801 g/mol. The van der Waals surface area contributed by atoms with Crippen LogP contribution in [0.5, 0.6) is 0 Å². The summed E-state index contributed by atoms with van der Waals surface area (Å²) in [5, 5.41) is 31.6. The predicted octanol–water partition coefficient (Wildman–Crippen LogP) is 9.67. The van der Waals surface area contributed by atoms with Crippen molar-refractivity contribution < 1.29 is 29.4 Å². The Labute approximate surface area is 311 Å². The van der Waals surface area contributed by atoms with Gasteiger partial charge in [0.25, 0.3) is 0 Å². The van der Waals surface area contributed by atoms with Crippen molar-refractivity contribution in [2.75, 3.05) is 0 Å². The number of carboxylic acids is 1. The summed E-state index contributed by atoms with van der Waals surface area (Å²) in [6.45, 7) is 0. The minimum Gasteiger partial charge on any atom is -0.753 e. The summed E-state index contributed by atoms with van der Waals surface area (Å²) in [6.07, 6.45) is 6.90. The van der Waals surface area contributed by atoms with E-state index in [1.807, 2.05) is 48.0 Å². The van der Waals surface area contributed by atoms with Crippen molar-refractivity contribution >= 4 is 94.6 Å². The van der Waals surface area contributed by atoms with E-state index in [2.05, 4.69) is 91.8 Å². The van der Waals surface area contributed by atoms with Crippen molar-refractivity contribution in [3.8, 4) is 27.8 Å². The predicted molar refractivity (Wildman–Crippen MR) is 201 cm³/mol. The molecular formula is C35H21N7O2RuS4. The zero-order valence-corrected chi connectivity index (χ0v) is 30.0. The van der Waals surface area contributed by atoms with Crippen molar-refractivity contribution in [2.45, 2.75) is 0 Å². The Balaban J connectivity index is 0.000000209. The molecule has 14 heteroatoms. The number of thiocarbonyl (C=S) groups is 2. The maximum atomic E-state index is 10.7. The molecule has 0 unspecified atom stereocenters. The molecule has 9 nitrogen and oxygen atoms in total. The van der Waals surface area contributed by atoms with Gasteiger partial charge in [0.1, 0.15) is 5.00 Å². The zero-order chi connectivity index (χ0) is 33.9. The number of para-hydroxylation sites is 1. The first-order valence-electron chi connectivity index (χ1n) is 13.9. The molecule has 0 atom stereocenters. The van der Waals surface area contributed by atoms with Gasteiger partial charge >= 0.3 is 25.4 Å². The van der Waals surface area contributed by atoms with Crippen LogP contribution in [-0.4, -0.2) is 45.9 Å². The monoisotopic (exact) mass is 801 g/mol. The largest absolute Gasteiger partial charge is 2.00 e. The molecule has 0 saturated carbocycles. The number of hydrogen-bond acceptors (Lipinski definition) is 9. The molecule has 1 aromatic carbocycles. The Morgan fingerprint density at radius 3 is 1.92 bits per heavy atom. The van der Waals surface area contributed by atoms with Crippen LogP contribution in [0.15, 0.2) is 121 Å². The van der Waals surface area contributed by atoms with Gasteiger partial charge in [0.15, 0.2) is 0 Å². The third-order valence-electron chi connectivity index (χ3n) is 6.77. The van der Waals surface area contributed by atoms with E-state index in [0.717, 1.165) is 16.9 Å². The first-order valence-corrected chi connectivity index (χ1v) is 16.4. The van der Waals surface area contributed by atoms with Crippen LogP contribution in [0.25, 0.3) is 69.8 Å². The minimum atomic E-state index is -0.963. The molecule has 7 heterocycles. The molecule has 49 heavy (non-hydrogen) atoms. The zero-order valence-electron chi connectivity index (χ0n) is 25.0. The van der Waals surface area contributed by atoms with Crippen LogP contribution in [-0.2, 0) is 19.5 Å². The molecule has 0 aliphatic carbocycles. The van der Waals surface area contributed by atoms with Gasteiger partial charge in [-0.1, -0.05) is 54.8 Å². The van der Waals surface area contributed by atoms with E-state index >= 15 is 0 Å². The number of hydrogen-bond donors (Lipinski definition) is 1. The summed E-state index contributed by atoms with van der Waals surface area (Å²) in [4.78, 5) is 28.1. The second kappa shape index (κ2) is 17.9. The number of aromatic nitrogens is 5. The molecule has 8 aromatic rings. The Bertz CT molecular complexity index is 2360. The molecule has 0 aliphatic rings. The molecule has 7 aromatic heterocycles. The Kier molecular flexibility index (Phi) is 13.5. The Morgan fingerprint density at radius 1 is 0.694 bits per heavy atom. The average Bonchev–Trinajstić information content (AvgIpc) is 3.82. The number of benzene rings is 1. The maximum absolute atomic E-state index is 10.7. The van der Waals surface area contributed by atoms with Gasteiger partial charge in [-0.05, 0) is 66.0 Å². The van der Waals surface area contributed by atoms with Gasteiger partial charge in [0.2, 0.25) is 0 Å². The minimum absolute atomic E-state index is 0. The van der Waals surface area contributed by atoms with Gasteiger partial charge in [0, 0.05) is 38.8 Å². The summed E-state index contributed by atoms with van der Waals surface area (Å²) >= 11 is 11.0. The molecule has 8 rings (SSSR count). The number of rotatable bonds is 4. The van der Waals surface area contributed by atoms with Gasteiger partial charge in [-0.2, -0.15) is 10.3 Å². The molecule has 240 valence electrons. The molecule has 0 fully saturated rings. The fraction of sp³-hybridized carbons (Fsp3) is 0. The van der Waals surface area contributed by atoms with Crippen molar-refractivity contribution in [2.24, 2.45) is 0 Å². The number of nitrogens with zero attached hydrogens (tertiary/aromatic N) is 7. The van der Waals surface area contributed by atoms with Crippen LogP contribution in [0.1, 0.15) is 10.4 Å². The Hall–Kier alpha value is -5.03. The van der Waals surface area contributed by atoms with Gasteiger partial charge in [-0.15, -0.1) is 22.7 Å². The van der Waals surface area contributed by atoms with Gasteiger partial charge < -0.3 is 15.9 Å². The van der Waals surface area contributed by atoms with E-state index in [4.69, 9.17) is 20.9 Å². The van der Waals surface area contributed by atoms with E-state index in [1.165, 1.54) is 59.3 Å². The second-order valence-corrected chi connectivity index (χ2v) is 11.9. The molecule has 0 amide bonds. The summed E-state index contributed by atoms with van der Waals surface area (Å²) in [5.41, 5.74) is 5.58. The van der Waals surface area contributed by atoms with Crippen molar-refractivity contribution in [1.29, 1.82) is 0 Å². The SMILES string of the molecule is O=C(O)c1ccnc(-c2ccccn2)c1.[N-]=C=S.[N-]=C=S.[Ru+2].c1ccc(-c2cc3c4ccccc4n(-c4cc5sccc5s4)c3cn2)nc1. The van der Waals surface area contributed by atoms with E-state index in [-0.39, 0.29) is 25.0 Å². The van der Waals surface area contributed by atoms with E-state index < -0.39 is 5.97 Å². The topological polar surface area (TPSA) is 138 Å². The number of pyridine rings is 4. The third kappa shape index (κ3) is 8.72. The van der Waals surface area contributed by atoms with Crippen LogP contribution in [0.3, 0.4) is 0 Å². The van der Waals surface area contributed by atoms with Crippen LogP contribution in [0.4, 0.5) is 0 Å². The van der Waals surface area contributed by atoms with Crippen molar-refractivity contribution in [3.05, 3.63) is 138 Å². The van der Waals surface area contributed by atoms with Gasteiger partial charge in [-0.25, -0.2) is 4.79 Å². The standard InChI is InChI=1S/C22H13N3S2.C11H8N2O2.2CNS.Ru/c1-2-7-18-14(5-1)15-11-17(16-6-3-4-9-23-16)24-13-19(15)25(18)22-12-21-20(27-22)8-10-26-21;14-11(15)8-4-6-13-10(7-8)9-3-1-2-5-12-9;2*2-1-3;/h1-13H;1-7H,(H,14,15);;;/q;;2*-1;+2. The van der Waals surface area contributed by atoms with Crippen LogP contribution < -0.4 is 0 Å². The number of fused-ring (bicyclic) bond motifs is 4. The van der Waals surface area contributed by atoms with Crippen LogP contribution in [0, 0.1) is 0 Å². The summed E-state index contributed by atoms with van der Waals surface area (Å²) < 4.78 is 5.00. The molecule has 0 aliphatic heterocycles.